The van der Waals surface area contributed by atoms with Crippen molar-refractivity contribution in [2.45, 2.75) is 19.3 Å². The van der Waals surface area contributed by atoms with E-state index in [1.54, 1.807) is 0 Å². The van der Waals surface area contributed by atoms with E-state index in [-0.39, 0.29) is 18.2 Å². The molecular formula is C9H18N4O3. The van der Waals surface area contributed by atoms with E-state index in [0.717, 1.165) is 19.4 Å². The van der Waals surface area contributed by atoms with E-state index >= 15 is 0 Å². The van der Waals surface area contributed by atoms with Crippen molar-refractivity contribution < 1.29 is 14.4 Å². The number of nitrogens with one attached hydrogen (secondary N) is 1. The molecule has 92 valence electrons. The van der Waals surface area contributed by atoms with Crippen LogP contribution in [0.3, 0.4) is 0 Å². The summed E-state index contributed by atoms with van der Waals surface area (Å²) in [6.45, 7) is 2.07. The number of amides is 1. The Bertz CT molecular complexity index is 259. The van der Waals surface area contributed by atoms with Crippen molar-refractivity contribution in [1.29, 1.82) is 0 Å². The topological polar surface area (TPSA) is 111 Å². The van der Waals surface area contributed by atoms with Crippen molar-refractivity contribution in [2.75, 3.05) is 19.6 Å². The molecule has 0 aromatic heterocycles. The van der Waals surface area contributed by atoms with Gasteiger partial charge in [-0.05, 0) is 19.4 Å². The first-order valence-corrected chi connectivity index (χ1v) is 5.30. The summed E-state index contributed by atoms with van der Waals surface area (Å²) in [4.78, 5) is 28.5. The second kappa shape index (κ2) is 6.41. The van der Waals surface area contributed by atoms with Crippen molar-refractivity contribution in [1.82, 2.24) is 10.5 Å². The number of primary amides is 1. The molecule has 0 spiro atoms. The van der Waals surface area contributed by atoms with Crippen molar-refractivity contribution in [2.24, 2.45) is 17.5 Å². The molecule has 16 heavy (non-hydrogen) atoms. The fraction of sp³-hybridized carbons (Fsp3) is 0.778. The zero-order chi connectivity index (χ0) is 12.0. The summed E-state index contributed by atoms with van der Waals surface area (Å²) in [5.41, 5.74) is 7.09. The SMILES string of the molecule is NNOC(=O)CCN1CCCC(C(N)=O)C1. The zero-order valence-electron chi connectivity index (χ0n) is 9.15. The van der Waals surface area contributed by atoms with E-state index in [4.69, 9.17) is 11.6 Å². The number of carbonyl (C=O) groups excluding carboxylic acids is 2. The predicted octanol–water partition coefficient (Wildman–Crippen LogP) is -1.50. The monoisotopic (exact) mass is 230 g/mol. The highest BCUT2D eigenvalue weighted by Gasteiger charge is 2.24. The molecule has 0 aromatic carbocycles. The van der Waals surface area contributed by atoms with Gasteiger partial charge in [0.15, 0.2) is 0 Å². The molecule has 1 rings (SSSR count). The summed E-state index contributed by atoms with van der Waals surface area (Å²) in [5.74, 6) is 4.05. The van der Waals surface area contributed by atoms with Gasteiger partial charge in [0, 0.05) is 13.1 Å². The van der Waals surface area contributed by atoms with Gasteiger partial charge in [0.25, 0.3) is 0 Å². The summed E-state index contributed by atoms with van der Waals surface area (Å²) in [7, 11) is 0. The fourth-order valence-corrected chi connectivity index (χ4v) is 1.86. The van der Waals surface area contributed by atoms with E-state index in [0.29, 0.717) is 13.1 Å². The average Bonchev–Trinajstić information content (AvgIpc) is 2.27. The highest BCUT2D eigenvalue weighted by atomic mass is 16.7. The first-order chi connectivity index (χ1) is 7.63. The molecule has 1 saturated heterocycles. The minimum absolute atomic E-state index is 0.0996. The number of hydrogen-bond donors (Lipinski definition) is 3. The van der Waals surface area contributed by atoms with Crippen LogP contribution in [0.4, 0.5) is 0 Å². The smallest absolute Gasteiger partial charge is 0.327 e. The van der Waals surface area contributed by atoms with E-state index < -0.39 is 5.97 Å². The Morgan fingerprint density at radius 3 is 2.88 bits per heavy atom. The lowest BCUT2D eigenvalue weighted by atomic mass is 9.97. The Morgan fingerprint density at radius 1 is 1.50 bits per heavy atom. The number of hydrogen-bond acceptors (Lipinski definition) is 6. The Morgan fingerprint density at radius 2 is 2.25 bits per heavy atom. The Labute approximate surface area is 94.0 Å². The highest BCUT2D eigenvalue weighted by Crippen LogP contribution is 2.15. The molecule has 7 heteroatoms. The average molecular weight is 230 g/mol. The number of nitrogens with zero attached hydrogens (tertiary/aromatic N) is 1. The van der Waals surface area contributed by atoms with Crippen molar-refractivity contribution in [3.63, 3.8) is 0 Å². The van der Waals surface area contributed by atoms with Crippen LogP contribution in [-0.2, 0) is 14.4 Å². The first kappa shape index (κ1) is 12.9. The lowest BCUT2D eigenvalue weighted by Crippen LogP contribution is -2.42. The standard InChI is InChI=1S/C9H18N4O3/c10-9(15)7-2-1-4-13(6-7)5-3-8(14)16-12-11/h7,12H,1-6,11H2,(H2,10,15). The Hall–Kier alpha value is -1.18. The lowest BCUT2D eigenvalue weighted by molar-refractivity contribution is -0.151. The molecule has 0 bridgehead atoms. The number of likely N-dealkylation sites (tertiary alicyclic amines) is 1. The molecular weight excluding hydrogens is 212 g/mol. The minimum atomic E-state index is -0.413. The van der Waals surface area contributed by atoms with Crippen LogP contribution < -0.4 is 17.2 Å². The lowest BCUT2D eigenvalue weighted by Gasteiger charge is -2.30. The molecule has 7 nitrogen and oxygen atoms in total. The molecule has 1 aliphatic rings. The molecule has 1 unspecified atom stereocenters. The van der Waals surface area contributed by atoms with E-state index in [2.05, 4.69) is 4.84 Å². The van der Waals surface area contributed by atoms with Gasteiger partial charge in [-0.1, -0.05) is 5.59 Å². The largest absolute Gasteiger partial charge is 0.369 e. The number of rotatable bonds is 5. The van der Waals surface area contributed by atoms with Gasteiger partial charge in [0.1, 0.15) is 0 Å². The van der Waals surface area contributed by atoms with E-state index in [1.807, 2.05) is 10.5 Å². The van der Waals surface area contributed by atoms with Crippen LogP contribution in [0.2, 0.25) is 0 Å². The fourth-order valence-electron chi connectivity index (χ4n) is 1.86. The maximum absolute atomic E-state index is 11.0. The molecule has 1 amide bonds. The molecule has 0 saturated carbocycles. The molecule has 1 heterocycles. The summed E-state index contributed by atoms with van der Waals surface area (Å²) in [5, 5.41) is 0. The number of nitrogens with two attached hydrogens (primary N) is 2. The van der Waals surface area contributed by atoms with Crippen LogP contribution in [0.25, 0.3) is 0 Å². The summed E-state index contributed by atoms with van der Waals surface area (Å²) in [6, 6.07) is 0. The molecule has 0 aliphatic carbocycles. The van der Waals surface area contributed by atoms with Crippen molar-refractivity contribution >= 4 is 11.9 Å². The van der Waals surface area contributed by atoms with Crippen LogP contribution in [-0.4, -0.2) is 36.4 Å². The van der Waals surface area contributed by atoms with Crippen molar-refractivity contribution in [3.8, 4) is 0 Å². The normalized spacial score (nSPS) is 21.7. The van der Waals surface area contributed by atoms with Crippen LogP contribution in [0.1, 0.15) is 19.3 Å². The summed E-state index contributed by atoms with van der Waals surface area (Å²) < 4.78 is 0. The van der Waals surface area contributed by atoms with E-state index in [9.17, 15) is 9.59 Å². The first-order valence-electron chi connectivity index (χ1n) is 5.30. The van der Waals surface area contributed by atoms with Crippen LogP contribution in [0.5, 0.6) is 0 Å². The van der Waals surface area contributed by atoms with Gasteiger partial charge in [-0.2, -0.15) is 0 Å². The quantitative estimate of drug-likeness (QED) is 0.391. The predicted molar refractivity (Wildman–Crippen MR) is 56.4 cm³/mol. The van der Waals surface area contributed by atoms with E-state index in [1.165, 1.54) is 0 Å². The Kier molecular flexibility index (Phi) is 5.17. The van der Waals surface area contributed by atoms with Gasteiger partial charge < -0.3 is 15.5 Å². The van der Waals surface area contributed by atoms with Gasteiger partial charge >= 0.3 is 5.97 Å². The van der Waals surface area contributed by atoms with Gasteiger partial charge in [-0.15, -0.1) is 0 Å². The van der Waals surface area contributed by atoms with Crippen LogP contribution >= 0.6 is 0 Å². The minimum Gasteiger partial charge on any atom is -0.369 e. The number of piperidine rings is 1. The second-order valence-electron chi connectivity index (χ2n) is 3.88. The third-order valence-electron chi connectivity index (χ3n) is 2.71. The second-order valence-corrected chi connectivity index (χ2v) is 3.88. The maximum Gasteiger partial charge on any atom is 0.327 e. The summed E-state index contributed by atoms with van der Waals surface area (Å²) >= 11 is 0. The van der Waals surface area contributed by atoms with Gasteiger partial charge in [0.05, 0.1) is 12.3 Å². The molecule has 1 atom stereocenters. The highest BCUT2D eigenvalue weighted by molar-refractivity contribution is 5.77. The maximum atomic E-state index is 11.0. The Balaban J connectivity index is 2.26. The number of hydrazine groups is 1. The third kappa shape index (κ3) is 4.13. The molecule has 0 radical (unpaired) electrons. The number of carbonyl (C=O) groups is 2. The van der Waals surface area contributed by atoms with Crippen molar-refractivity contribution in [3.05, 3.63) is 0 Å². The molecule has 0 aromatic rings. The van der Waals surface area contributed by atoms with Gasteiger partial charge in [0.2, 0.25) is 5.91 Å². The molecule has 5 N–H and O–H groups in total. The van der Waals surface area contributed by atoms with Crippen LogP contribution in [0.15, 0.2) is 0 Å². The summed E-state index contributed by atoms with van der Waals surface area (Å²) in [6.07, 6.45) is 2.01. The third-order valence-corrected chi connectivity index (χ3v) is 2.71. The molecule has 1 aliphatic heterocycles. The van der Waals surface area contributed by atoms with Gasteiger partial charge in [-0.25, -0.2) is 5.84 Å². The van der Waals surface area contributed by atoms with Crippen LogP contribution in [0, 0.1) is 5.92 Å². The van der Waals surface area contributed by atoms with Gasteiger partial charge in [-0.3, -0.25) is 9.59 Å². The zero-order valence-corrected chi connectivity index (χ0v) is 9.15. The molecule has 1 fully saturated rings.